The summed E-state index contributed by atoms with van der Waals surface area (Å²) in [7, 11) is 1.59. The molecule has 0 spiro atoms. The van der Waals surface area contributed by atoms with Crippen LogP contribution in [-0.4, -0.2) is 36.7 Å². The second-order valence-corrected chi connectivity index (χ2v) is 6.06. The number of carbonyl (C=O) groups excluding carboxylic acids is 2. The van der Waals surface area contributed by atoms with Crippen molar-refractivity contribution in [3.05, 3.63) is 65.2 Å². The van der Waals surface area contributed by atoms with Gasteiger partial charge in [0.2, 0.25) is 5.91 Å². The summed E-state index contributed by atoms with van der Waals surface area (Å²) in [6.45, 7) is 0.460. The van der Waals surface area contributed by atoms with E-state index in [1.54, 1.807) is 31.4 Å². The van der Waals surface area contributed by atoms with Crippen LogP contribution in [0.15, 0.2) is 48.5 Å². The number of nitrogens with one attached hydrogen (secondary N) is 1. The molecule has 1 fully saturated rings. The van der Waals surface area contributed by atoms with Gasteiger partial charge in [0, 0.05) is 6.54 Å². The van der Waals surface area contributed by atoms with E-state index in [4.69, 9.17) is 9.47 Å². The standard InChI is InChI=1S/C20H19N3O4/c1-26-17-8-6-14(7-9-17)11-22-19(24)18-13-27-20(25)23(18)12-16-5-3-2-4-15(16)10-21/h2-9,18H,11-13H2,1H3,(H,22,24)/t18-/m0/s1. The Labute approximate surface area is 157 Å². The molecule has 1 saturated heterocycles. The van der Waals surface area contributed by atoms with Crippen molar-refractivity contribution < 1.29 is 19.1 Å². The van der Waals surface area contributed by atoms with E-state index in [2.05, 4.69) is 11.4 Å². The SMILES string of the molecule is COc1ccc(CNC(=O)[C@@H]2COC(=O)N2Cc2ccccc2C#N)cc1. The van der Waals surface area contributed by atoms with Crippen molar-refractivity contribution in [2.75, 3.05) is 13.7 Å². The number of cyclic esters (lactones) is 1. The second-order valence-electron chi connectivity index (χ2n) is 6.06. The van der Waals surface area contributed by atoms with Gasteiger partial charge in [-0.2, -0.15) is 5.26 Å². The largest absolute Gasteiger partial charge is 0.497 e. The highest BCUT2D eigenvalue weighted by molar-refractivity contribution is 5.87. The number of nitrogens with zero attached hydrogens (tertiary/aromatic N) is 2. The van der Waals surface area contributed by atoms with Crippen LogP contribution in [-0.2, 0) is 22.6 Å². The first kappa shape index (κ1) is 18.3. The number of carbonyl (C=O) groups is 2. The molecule has 2 aromatic carbocycles. The lowest BCUT2D eigenvalue weighted by atomic mass is 10.1. The molecule has 0 saturated carbocycles. The van der Waals surface area contributed by atoms with Crippen LogP contribution in [0.3, 0.4) is 0 Å². The van der Waals surface area contributed by atoms with Crippen LogP contribution in [0.5, 0.6) is 5.75 Å². The molecule has 2 amide bonds. The number of hydrogen-bond acceptors (Lipinski definition) is 5. The molecule has 0 bridgehead atoms. The van der Waals surface area contributed by atoms with E-state index in [9.17, 15) is 14.9 Å². The first-order valence-electron chi connectivity index (χ1n) is 8.44. The molecule has 7 heteroatoms. The molecule has 3 rings (SSSR count). The molecule has 27 heavy (non-hydrogen) atoms. The second kappa shape index (κ2) is 8.23. The average molecular weight is 365 g/mol. The molecular weight excluding hydrogens is 346 g/mol. The van der Waals surface area contributed by atoms with Gasteiger partial charge >= 0.3 is 6.09 Å². The molecule has 0 unspecified atom stereocenters. The predicted molar refractivity (Wildman–Crippen MR) is 96.7 cm³/mol. The fraction of sp³-hybridized carbons (Fsp3) is 0.250. The molecule has 1 aliphatic heterocycles. The Bertz CT molecular complexity index is 874. The summed E-state index contributed by atoms with van der Waals surface area (Å²) < 4.78 is 10.2. The van der Waals surface area contributed by atoms with Crippen LogP contribution in [0.25, 0.3) is 0 Å². The van der Waals surface area contributed by atoms with Crippen LogP contribution in [0.4, 0.5) is 4.79 Å². The van der Waals surface area contributed by atoms with Crippen LogP contribution in [0, 0.1) is 11.3 Å². The summed E-state index contributed by atoms with van der Waals surface area (Å²) in [5, 5.41) is 12.0. The van der Waals surface area contributed by atoms with E-state index in [-0.39, 0.29) is 19.1 Å². The lowest BCUT2D eigenvalue weighted by molar-refractivity contribution is -0.125. The van der Waals surface area contributed by atoms with Crippen LogP contribution >= 0.6 is 0 Å². The number of benzene rings is 2. The summed E-state index contributed by atoms with van der Waals surface area (Å²) in [5.41, 5.74) is 2.05. The number of nitriles is 1. The van der Waals surface area contributed by atoms with Gasteiger partial charge in [0.15, 0.2) is 0 Å². The van der Waals surface area contributed by atoms with Gasteiger partial charge in [-0.15, -0.1) is 0 Å². The van der Waals surface area contributed by atoms with E-state index in [0.717, 1.165) is 11.3 Å². The first-order chi connectivity index (χ1) is 13.1. The highest BCUT2D eigenvalue weighted by Crippen LogP contribution is 2.19. The van der Waals surface area contributed by atoms with E-state index in [1.165, 1.54) is 4.90 Å². The van der Waals surface area contributed by atoms with Crippen molar-refractivity contribution in [2.45, 2.75) is 19.1 Å². The normalized spacial score (nSPS) is 15.8. The monoisotopic (exact) mass is 365 g/mol. The van der Waals surface area contributed by atoms with Gasteiger partial charge in [-0.05, 0) is 29.3 Å². The van der Waals surface area contributed by atoms with Gasteiger partial charge in [0.1, 0.15) is 18.4 Å². The smallest absolute Gasteiger partial charge is 0.410 e. The van der Waals surface area contributed by atoms with Crippen molar-refractivity contribution >= 4 is 12.0 Å². The van der Waals surface area contributed by atoms with E-state index < -0.39 is 12.1 Å². The quantitative estimate of drug-likeness (QED) is 0.847. The Kier molecular flexibility index (Phi) is 5.57. The van der Waals surface area contributed by atoms with Gasteiger partial charge in [-0.3, -0.25) is 9.69 Å². The summed E-state index contributed by atoms with van der Waals surface area (Å²) in [5.74, 6) is 0.438. The maximum absolute atomic E-state index is 12.6. The number of rotatable bonds is 6. The number of amides is 2. The zero-order valence-corrected chi connectivity index (χ0v) is 14.8. The Hall–Kier alpha value is -3.53. The summed E-state index contributed by atoms with van der Waals surface area (Å²) in [4.78, 5) is 26.0. The molecule has 7 nitrogen and oxygen atoms in total. The molecule has 1 atom stereocenters. The van der Waals surface area contributed by atoms with Gasteiger partial charge in [0.05, 0.1) is 25.3 Å². The lowest BCUT2D eigenvalue weighted by Crippen LogP contribution is -2.45. The molecule has 1 aliphatic rings. The number of ether oxygens (including phenoxy) is 2. The number of hydrogen-bond donors (Lipinski definition) is 1. The first-order valence-corrected chi connectivity index (χ1v) is 8.44. The third-order valence-electron chi connectivity index (χ3n) is 4.38. The molecule has 0 aromatic heterocycles. The highest BCUT2D eigenvalue weighted by atomic mass is 16.6. The Morgan fingerprint density at radius 3 is 2.74 bits per heavy atom. The molecule has 0 aliphatic carbocycles. The zero-order chi connectivity index (χ0) is 19.2. The van der Waals surface area contributed by atoms with Crippen LogP contribution in [0.1, 0.15) is 16.7 Å². The van der Waals surface area contributed by atoms with Gasteiger partial charge < -0.3 is 14.8 Å². The fourth-order valence-corrected chi connectivity index (χ4v) is 2.84. The van der Waals surface area contributed by atoms with Gasteiger partial charge in [-0.25, -0.2) is 4.79 Å². The van der Waals surface area contributed by atoms with E-state index in [1.807, 2.05) is 24.3 Å². The Balaban J connectivity index is 1.66. The van der Waals surface area contributed by atoms with Crippen LogP contribution in [0.2, 0.25) is 0 Å². The summed E-state index contributed by atoms with van der Waals surface area (Å²) >= 11 is 0. The summed E-state index contributed by atoms with van der Waals surface area (Å²) in [6.07, 6.45) is -0.563. The molecule has 1 heterocycles. The molecule has 2 aromatic rings. The Morgan fingerprint density at radius 2 is 2.04 bits per heavy atom. The van der Waals surface area contributed by atoms with Crippen molar-refractivity contribution in [3.63, 3.8) is 0 Å². The van der Waals surface area contributed by atoms with Crippen molar-refractivity contribution in [3.8, 4) is 11.8 Å². The van der Waals surface area contributed by atoms with E-state index >= 15 is 0 Å². The lowest BCUT2D eigenvalue weighted by Gasteiger charge is -2.21. The third-order valence-corrected chi connectivity index (χ3v) is 4.38. The maximum atomic E-state index is 12.6. The Morgan fingerprint density at radius 1 is 1.30 bits per heavy atom. The molecule has 0 radical (unpaired) electrons. The predicted octanol–water partition coefficient (Wildman–Crippen LogP) is 2.20. The number of methoxy groups -OCH3 is 1. The maximum Gasteiger partial charge on any atom is 0.410 e. The molecular formula is C20H19N3O4. The van der Waals surface area contributed by atoms with Gasteiger partial charge in [-0.1, -0.05) is 30.3 Å². The van der Waals surface area contributed by atoms with Gasteiger partial charge in [0.25, 0.3) is 0 Å². The molecule has 1 N–H and O–H groups in total. The van der Waals surface area contributed by atoms with Crippen molar-refractivity contribution in [1.82, 2.24) is 10.2 Å². The zero-order valence-electron chi connectivity index (χ0n) is 14.8. The minimum absolute atomic E-state index is 0.0119. The van der Waals surface area contributed by atoms with Crippen molar-refractivity contribution in [2.24, 2.45) is 0 Å². The topological polar surface area (TPSA) is 91.7 Å². The highest BCUT2D eigenvalue weighted by Gasteiger charge is 2.38. The van der Waals surface area contributed by atoms with Crippen LogP contribution < -0.4 is 10.1 Å². The average Bonchev–Trinajstić information content (AvgIpc) is 3.07. The molecule has 138 valence electrons. The summed E-state index contributed by atoms with van der Waals surface area (Å²) in [6, 6.07) is 15.7. The van der Waals surface area contributed by atoms with E-state index in [0.29, 0.717) is 17.7 Å². The third kappa shape index (κ3) is 4.18. The van der Waals surface area contributed by atoms with Crippen molar-refractivity contribution in [1.29, 1.82) is 5.26 Å². The minimum Gasteiger partial charge on any atom is -0.497 e. The fourth-order valence-electron chi connectivity index (χ4n) is 2.84. The minimum atomic E-state index is -0.734.